The molecular weight excluding hydrogens is 140 g/mol. The molecule has 0 radical (unpaired) electrons. The van der Waals surface area contributed by atoms with Gasteiger partial charge >= 0.3 is 0 Å². The van der Waals surface area contributed by atoms with Gasteiger partial charge in [-0.2, -0.15) is 0 Å². The van der Waals surface area contributed by atoms with E-state index in [0.717, 1.165) is 5.56 Å². The number of pyridine rings is 1. The minimum atomic E-state index is 0.507. The molecule has 3 nitrogen and oxygen atoms in total. The van der Waals surface area contributed by atoms with E-state index in [-0.39, 0.29) is 0 Å². The second-order valence-electron chi connectivity index (χ2n) is 1.99. The van der Waals surface area contributed by atoms with E-state index >= 15 is 0 Å². The highest BCUT2D eigenvalue weighted by molar-refractivity contribution is 5.52. The summed E-state index contributed by atoms with van der Waals surface area (Å²) in [6, 6.07) is 3.79. The van der Waals surface area contributed by atoms with Gasteiger partial charge in [0, 0.05) is 18.6 Å². The molecule has 0 aliphatic carbocycles. The zero-order chi connectivity index (χ0) is 7.94. The molecule has 0 aliphatic rings. The summed E-state index contributed by atoms with van der Waals surface area (Å²) in [5.74, 6) is 0. The third-order valence-corrected chi connectivity index (χ3v) is 1.16. The van der Waals surface area contributed by atoms with Crippen molar-refractivity contribution in [3.63, 3.8) is 0 Å². The van der Waals surface area contributed by atoms with Crippen LogP contribution in [0.2, 0.25) is 0 Å². The Morgan fingerprint density at radius 1 is 1.55 bits per heavy atom. The molecule has 58 valence electrons. The van der Waals surface area contributed by atoms with Crippen LogP contribution in [0, 0.1) is 0 Å². The van der Waals surface area contributed by atoms with E-state index in [1.54, 1.807) is 18.6 Å². The van der Waals surface area contributed by atoms with Crippen molar-refractivity contribution in [2.45, 2.75) is 13.5 Å². The van der Waals surface area contributed by atoms with Gasteiger partial charge in [0.05, 0.1) is 0 Å². The van der Waals surface area contributed by atoms with Crippen LogP contribution in [-0.4, -0.2) is 11.2 Å². The average Bonchev–Trinajstić information content (AvgIpc) is 2.07. The fraction of sp³-hybridized carbons (Fsp3) is 0.250. The maximum absolute atomic E-state index is 4.91. The highest BCUT2D eigenvalue weighted by atomic mass is 16.6. The van der Waals surface area contributed by atoms with Crippen molar-refractivity contribution in [2.24, 2.45) is 5.16 Å². The number of hydrogen-bond donors (Lipinski definition) is 0. The van der Waals surface area contributed by atoms with E-state index in [1.165, 1.54) is 0 Å². The largest absolute Gasteiger partial charge is 0.391 e. The molecular formula is C8H10N2O. The summed E-state index contributed by atoms with van der Waals surface area (Å²) in [5.41, 5.74) is 1.07. The fourth-order valence-electron chi connectivity index (χ4n) is 0.665. The molecule has 1 rings (SSSR count). The second kappa shape index (κ2) is 4.44. The summed E-state index contributed by atoms with van der Waals surface area (Å²) in [4.78, 5) is 8.79. The molecule has 0 N–H and O–H groups in total. The van der Waals surface area contributed by atoms with Gasteiger partial charge in [-0.3, -0.25) is 4.98 Å². The standard InChI is InChI=1S/C8H10N2O/c1-2-10-11-7-8-3-5-9-6-4-8/h2-6H,7H2,1H3/b10-2-. The number of rotatable bonds is 3. The lowest BCUT2D eigenvalue weighted by atomic mass is 10.3. The van der Waals surface area contributed by atoms with Crippen LogP contribution in [0.25, 0.3) is 0 Å². The zero-order valence-electron chi connectivity index (χ0n) is 6.40. The summed E-state index contributed by atoms with van der Waals surface area (Å²) in [7, 11) is 0. The van der Waals surface area contributed by atoms with Crippen LogP contribution in [0.1, 0.15) is 12.5 Å². The van der Waals surface area contributed by atoms with Crippen LogP contribution in [0.15, 0.2) is 29.7 Å². The van der Waals surface area contributed by atoms with Crippen molar-refractivity contribution in [1.29, 1.82) is 0 Å². The van der Waals surface area contributed by atoms with Crippen molar-refractivity contribution >= 4 is 6.21 Å². The van der Waals surface area contributed by atoms with Crippen LogP contribution < -0.4 is 0 Å². The van der Waals surface area contributed by atoms with E-state index in [0.29, 0.717) is 6.61 Å². The Kier molecular flexibility index (Phi) is 3.12. The average molecular weight is 150 g/mol. The van der Waals surface area contributed by atoms with E-state index in [4.69, 9.17) is 4.84 Å². The van der Waals surface area contributed by atoms with Gasteiger partial charge in [-0.15, -0.1) is 0 Å². The third kappa shape index (κ3) is 2.80. The van der Waals surface area contributed by atoms with E-state index in [1.807, 2.05) is 19.1 Å². The predicted octanol–water partition coefficient (Wildman–Crippen LogP) is 1.60. The Bertz CT molecular complexity index is 221. The minimum Gasteiger partial charge on any atom is -0.391 e. The van der Waals surface area contributed by atoms with Crippen LogP contribution >= 0.6 is 0 Å². The molecule has 0 bridgehead atoms. The first kappa shape index (κ1) is 7.72. The number of hydrogen-bond acceptors (Lipinski definition) is 3. The first-order valence-electron chi connectivity index (χ1n) is 3.42. The van der Waals surface area contributed by atoms with Crippen molar-refractivity contribution in [3.05, 3.63) is 30.1 Å². The van der Waals surface area contributed by atoms with Gasteiger partial charge < -0.3 is 4.84 Å². The van der Waals surface area contributed by atoms with E-state index < -0.39 is 0 Å². The molecule has 1 heterocycles. The van der Waals surface area contributed by atoms with Crippen molar-refractivity contribution in [3.8, 4) is 0 Å². The topological polar surface area (TPSA) is 34.5 Å². The molecule has 11 heavy (non-hydrogen) atoms. The fourth-order valence-corrected chi connectivity index (χ4v) is 0.665. The molecule has 1 aromatic rings. The van der Waals surface area contributed by atoms with E-state index in [9.17, 15) is 0 Å². The molecule has 3 heteroatoms. The lowest BCUT2D eigenvalue weighted by molar-refractivity contribution is 0.132. The van der Waals surface area contributed by atoms with Gasteiger partial charge in [-0.25, -0.2) is 0 Å². The van der Waals surface area contributed by atoms with Gasteiger partial charge in [0.15, 0.2) is 0 Å². The Hall–Kier alpha value is -1.38. The molecule has 0 saturated heterocycles. The summed E-state index contributed by atoms with van der Waals surface area (Å²) in [5, 5.41) is 3.62. The molecule has 0 aromatic carbocycles. The lowest BCUT2D eigenvalue weighted by Crippen LogP contribution is -1.86. The molecule has 0 amide bonds. The van der Waals surface area contributed by atoms with Crippen LogP contribution in [0.3, 0.4) is 0 Å². The third-order valence-electron chi connectivity index (χ3n) is 1.16. The maximum atomic E-state index is 4.91. The Labute approximate surface area is 65.7 Å². The van der Waals surface area contributed by atoms with Gasteiger partial charge in [-0.05, 0) is 24.6 Å². The molecule has 0 aliphatic heterocycles. The quantitative estimate of drug-likeness (QED) is 0.484. The van der Waals surface area contributed by atoms with Gasteiger partial charge in [0.2, 0.25) is 0 Å². The lowest BCUT2D eigenvalue weighted by Gasteiger charge is -1.96. The smallest absolute Gasteiger partial charge is 0.142 e. The Morgan fingerprint density at radius 3 is 2.91 bits per heavy atom. The molecule has 0 spiro atoms. The van der Waals surface area contributed by atoms with Crippen LogP contribution in [0.5, 0.6) is 0 Å². The predicted molar refractivity (Wildman–Crippen MR) is 43.2 cm³/mol. The van der Waals surface area contributed by atoms with Crippen molar-refractivity contribution in [1.82, 2.24) is 4.98 Å². The molecule has 0 fully saturated rings. The first-order chi connectivity index (χ1) is 5.43. The van der Waals surface area contributed by atoms with Crippen LogP contribution in [-0.2, 0) is 11.4 Å². The van der Waals surface area contributed by atoms with Crippen molar-refractivity contribution in [2.75, 3.05) is 0 Å². The van der Waals surface area contributed by atoms with Gasteiger partial charge in [0.25, 0.3) is 0 Å². The summed E-state index contributed by atoms with van der Waals surface area (Å²) in [6.07, 6.45) is 5.07. The SMILES string of the molecule is C/C=N\OCc1ccncc1. The highest BCUT2D eigenvalue weighted by Gasteiger charge is 1.88. The Morgan fingerprint density at radius 2 is 2.27 bits per heavy atom. The highest BCUT2D eigenvalue weighted by Crippen LogP contribution is 1.97. The van der Waals surface area contributed by atoms with Gasteiger partial charge in [-0.1, -0.05) is 5.16 Å². The second-order valence-corrected chi connectivity index (χ2v) is 1.99. The number of oxime groups is 1. The molecule has 1 aromatic heterocycles. The molecule has 0 saturated carbocycles. The summed E-state index contributed by atoms with van der Waals surface area (Å²) in [6.45, 7) is 2.32. The Balaban J connectivity index is 2.39. The number of nitrogens with zero attached hydrogens (tertiary/aromatic N) is 2. The maximum Gasteiger partial charge on any atom is 0.142 e. The molecule has 0 unspecified atom stereocenters. The summed E-state index contributed by atoms with van der Waals surface area (Å²) < 4.78 is 0. The minimum absolute atomic E-state index is 0.507. The normalized spacial score (nSPS) is 10.3. The number of aromatic nitrogens is 1. The van der Waals surface area contributed by atoms with Crippen molar-refractivity contribution < 1.29 is 4.84 Å². The van der Waals surface area contributed by atoms with Gasteiger partial charge in [0.1, 0.15) is 6.61 Å². The van der Waals surface area contributed by atoms with E-state index in [2.05, 4.69) is 10.1 Å². The molecule has 0 atom stereocenters. The zero-order valence-corrected chi connectivity index (χ0v) is 6.40. The monoisotopic (exact) mass is 150 g/mol. The summed E-state index contributed by atoms with van der Waals surface area (Å²) >= 11 is 0. The van der Waals surface area contributed by atoms with Crippen LogP contribution in [0.4, 0.5) is 0 Å². The first-order valence-corrected chi connectivity index (χ1v) is 3.42.